The highest BCUT2D eigenvalue weighted by molar-refractivity contribution is 6.33. The van der Waals surface area contributed by atoms with Gasteiger partial charge < -0.3 is 9.84 Å². The van der Waals surface area contributed by atoms with E-state index in [-0.39, 0.29) is 5.54 Å². The molecule has 1 heterocycles. The minimum atomic E-state index is -0.684. The van der Waals surface area contributed by atoms with Gasteiger partial charge in [-0.05, 0) is 31.5 Å². The minimum Gasteiger partial charge on any atom is -0.386 e. The van der Waals surface area contributed by atoms with Crippen molar-refractivity contribution in [2.24, 2.45) is 0 Å². The molecule has 0 saturated carbocycles. The van der Waals surface area contributed by atoms with Crippen molar-refractivity contribution in [3.8, 4) is 0 Å². The van der Waals surface area contributed by atoms with E-state index in [1.165, 1.54) is 0 Å². The number of hydrogen-bond acceptors (Lipinski definition) is 3. The van der Waals surface area contributed by atoms with Crippen molar-refractivity contribution in [3.63, 3.8) is 0 Å². The van der Waals surface area contributed by atoms with E-state index in [0.29, 0.717) is 28.8 Å². The zero-order chi connectivity index (χ0) is 14.8. The summed E-state index contributed by atoms with van der Waals surface area (Å²) in [6, 6.07) is 5.22. The second-order valence-corrected chi connectivity index (χ2v) is 6.22. The van der Waals surface area contributed by atoms with Gasteiger partial charge in [0, 0.05) is 34.2 Å². The minimum absolute atomic E-state index is 0.377. The molecule has 1 saturated heterocycles. The van der Waals surface area contributed by atoms with E-state index in [0.717, 1.165) is 19.5 Å². The molecule has 2 unspecified atom stereocenters. The first kappa shape index (κ1) is 16.1. The molecule has 20 heavy (non-hydrogen) atoms. The average molecular weight is 318 g/mol. The molecule has 0 amide bonds. The molecule has 1 aromatic carbocycles. The Balaban J connectivity index is 2.31. The third-order valence-electron chi connectivity index (χ3n) is 4.29. The van der Waals surface area contributed by atoms with Crippen LogP contribution in [-0.4, -0.2) is 41.8 Å². The molecule has 1 N–H and O–H groups in total. The van der Waals surface area contributed by atoms with E-state index in [2.05, 4.69) is 18.7 Å². The van der Waals surface area contributed by atoms with Gasteiger partial charge in [-0.2, -0.15) is 0 Å². The number of morpholine rings is 1. The maximum Gasteiger partial charge on any atom is 0.0985 e. The van der Waals surface area contributed by atoms with Crippen molar-refractivity contribution >= 4 is 23.2 Å². The summed E-state index contributed by atoms with van der Waals surface area (Å²) in [6.45, 7) is 7.19. The van der Waals surface area contributed by atoms with E-state index < -0.39 is 6.10 Å². The van der Waals surface area contributed by atoms with Crippen molar-refractivity contribution in [1.29, 1.82) is 0 Å². The molecule has 0 bridgehead atoms. The summed E-state index contributed by atoms with van der Waals surface area (Å²) in [5.74, 6) is 0. The number of halogens is 2. The quantitative estimate of drug-likeness (QED) is 0.922. The van der Waals surface area contributed by atoms with Crippen LogP contribution in [0.3, 0.4) is 0 Å². The van der Waals surface area contributed by atoms with Crippen LogP contribution in [0.1, 0.15) is 31.9 Å². The lowest BCUT2D eigenvalue weighted by molar-refractivity contribution is -0.0734. The number of aliphatic hydroxyl groups excluding tert-OH is 1. The van der Waals surface area contributed by atoms with Gasteiger partial charge in [-0.3, -0.25) is 4.90 Å². The Morgan fingerprint density at radius 1 is 1.35 bits per heavy atom. The van der Waals surface area contributed by atoms with Crippen LogP contribution in [0, 0.1) is 0 Å². The molecule has 1 fully saturated rings. The highest BCUT2D eigenvalue weighted by Crippen LogP contribution is 2.38. The van der Waals surface area contributed by atoms with Crippen molar-refractivity contribution in [2.45, 2.75) is 31.9 Å². The summed E-state index contributed by atoms with van der Waals surface area (Å²) in [4.78, 5) is 2.28. The number of rotatable bonds is 4. The highest BCUT2D eigenvalue weighted by atomic mass is 35.5. The molecule has 112 valence electrons. The first-order valence-corrected chi connectivity index (χ1v) is 7.70. The van der Waals surface area contributed by atoms with Gasteiger partial charge in [0.15, 0.2) is 0 Å². The van der Waals surface area contributed by atoms with Gasteiger partial charge in [0.25, 0.3) is 0 Å². The second kappa shape index (κ2) is 6.63. The van der Waals surface area contributed by atoms with E-state index in [1.807, 2.05) is 0 Å². The Morgan fingerprint density at radius 3 is 2.60 bits per heavy atom. The van der Waals surface area contributed by atoms with E-state index in [9.17, 15) is 5.11 Å². The molecule has 0 radical (unpaired) electrons. The normalized spacial score (nSPS) is 21.4. The predicted molar refractivity (Wildman–Crippen MR) is 82.5 cm³/mol. The summed E-state index contributed by atoms with van der Waals surface area (Å²) in [5, 5.41) is 12.0. The maximum absolute atomic E-state index is 10.9. The predicted octanol–water partition coefficient (Wildman–Crippen LogP) is 3.53. The van der Waals surface area contributed by atoms with Crippen LogP contribution < -0.4 is 0 Å². The standard InChI is InChI=1S/C15H21Cl2NO2/c1-3-15(2,18-6-8-20-9-7-18)14(19)12-10-11(16)4-5-13(12)17/h4-5,10,14,19H,3,6-9H2,1-2H3. The van der Waals surface area contributed by atoms with E-state index in [4.69, 9.17) is 27.9 Å². The van der Waals surface area contributed by atoms with Crippen LogP contribution >= 0.6 is 23.2 Å². The van der Waals surface area contributed by atoms with Crippen LogP contribution in [0.4, 0.5) is 0 Å². The average Bonchev–Trinajstić information content (AvgIpc) is 2.49. The Hall–Kier alpha value is -0.320. The van der Waals surface area contributed by atoms with Crippen molar-refractivity contribution in [3.05, 3.63) is 33.8 Å². The van der Waals surface area contributed by atoms with Crippen LogP contribution in [0.5, 0.6) is 0 Å². The third-order valence-corrected chi connectivity index (χ3v) is 4.87. The first-order valence-electron chi connectivity index (χ1n) is 6.95. The fourth-order valence-electron chi connectivity index (χ4n) is 2.72. The lowest BCUT2D eigenvalue weighted by atomic mass is 9.85. The number of nitrogens with zero attached hydrogens (tertiary/aromatic N) is 1. The molecule has 1 aliphatic rings. The molecule has 0 spiro atoms. The largest absolute Gasteiger partial charge is 0.386 e. The van der Waals surface area contributed by atoms with Gasteiger partial charge in [0.2, 0.25) is 0 Å². The number of aliphatic hydroxyl groups is 1. The number of benzene rings is 1. The summed E-state index contributed by atoms with van der Waals surface area (Å²) in [6.07, 6.45) is 0.133. The molecule has 2 atom stereocenters. The topological polar surface area (TPSA) is 32.7 Å². The second-order valence-electron chi connectivity index (χ2n) is 5.38. The zero-order valence-electron chi connectivity index (χ0n) is 11.9. The lowest BCUT2D eigenvalue weighted by Gasteiger charge is -2.46. The van der Waals surface area contributed by atoms with Gasteiger partial charge in [0.1, 0.15) is 0 Å². The molecule has 3 nitrogen and oxygen atoms in total. The van der Waals surface area contributed by atoms with Gasteiger partial charge in [-0.25, -0.2) is 0 Å². The van der Waals surface area contributed by atoms with Crippen molar-refractivity contribution in [1.82, 2.24) is 4.90 Å². The molecule has 1 aliphatic heterocycles. The molecule has 2 rings (SSSR count). The maximum atomic E-state index is 10.9. The molecule has 5 heteroatoms. The van der Waals surface area contributed by atoms with Crippen LogP contribution in [0.2, 0.25) is 10.0 Å². The SMILES string of the molecule is CCC(C)(C(O)c1cc(Cl)ccc1Cl)N1CCOCC1. The Labute approximate surface area is 130 Å². The number of hydrogen-bond donors (Lipinski definition) is 1. The van der Waals surface area contributed by atoms with Gasteiger partial charge in [-0.1, -0.05) is 30.1 Å². The Morgan fingerprint density at radius 2 is 2.00 bits per heavy atom. The van der Waals surface area contributed by atoms with Crippen molar-refractivity contribution in [2.75, 3.05) is 26.3 Å². The first-order chi connectivity index (χ1) is 9.49. The molecular weight excluding hydrogens is 297 g/mol. The third kappa shape index (κ3) is 3.12. The Kier molecular flexibility index (Phi) is 5.32. The zero-order valence-corrected chi connectivity index (χ0v) is 13.4. The summed E-state index contributed by atoms with van der Waals surface area (Å²) in [7, 11) is 0. The Bertz CT molecular complexity index is 463. The number of ether oxygens (including phenoxy) is 1. The van der Waals surface area contributed by atoms with E-state index in [1.54, 1.807) is 18.2 Å². The van der Waals surface area contributed by atoms with E-state index >= 15 is 0 Å². The molecule has 0 aliphatic carbocycles. The van der Waals surface area contributed by atoms with Crippen LogP contribution in [-0.2, 0) is 4.74 Å². The molecule has 0 aromatic heterocycles. The smallest absolute Gasteiger partial charge is 0.0985 e. The van der Waals surface area contributed by atoms with Gasteiger partial charge in [-0.15, -0.1) is 0 Å². The summed E-state index contributed by atoms with van der Waals surface area (Å²) < 4.78 is 5.40. The van der Waals surface area contributed by atoms with Crippen molar-refractivity contribution < 1.29 is 9.84 Å². The summed E-state index contributed by atoms with van der Waals surface area (Å²) in [5.41, 5.74) is 0.313. The molecular formula is C15H21Cl2NO2. The van der Waals surface area contributed by atoms with Gasteiger partial charge >= 0.3 is 0 Å². The molecule has 1 aromatic rings. The van der Waals surface area contributed by atoms with Gasteiger partial charge in [0.05, 0.1) is 19.3 Å². The monoisotopic (exact) mass is 317 g/mol. The van der Waals surface area contributed by atoms with Crippen LogP contribution in [0.25, 0.3) is 0 Å². The lowest BCUT2D eigenvalue weighted by Crippen LogP contribution is -2.54. The van der Waals surface area contributed by atoms with Crippen LogP contribution in [0.15, 0.2) is 18.2 Å². The summed E-state index contributed by atoms with van der Waals surface area (Å²) >= 11 is 12.3. The fraction of sp³-hybridized carbons (Fsp3) is 0.600. The fourth-order valence-corrected chi connectivity index (χ4v) is 3.12. The highest BCUT2D eigenvalue weighted by Gasteiger charge is 2.39.